The first kappa shape index (κ1) is 11.3. The quantitative estimate of drug-likeness (QED) is 0.801. The highest BCUT2D eigenvalue weighted by Crippen LogP contribution is 2.32. The summed E-state index contributed by atoms with van der Waals surface area (Å²) in [4.78, 5) is 0. The number of ether oxygens (including phenoxy) is 1. The minimum absolute atomic E-state index is 0.209. The number of nitrogens with one attached hydrogen (secondary N) is 1. The van der Waals surface area contributed by atoms with Gasteiger partial charge in [0, 0.05) is 12.6 Å². The van der Waals surface area contributed by atoms with Crippen LogP contribution in [0.3, 0.4) is 0 Å². The lowest BCUT2D eigenvalue weighted by atomic mass is 10.1. The normalized spacial score (nSPS) is 17.1. The van der Waals surface area contributed by atoms with Gasteiger partial charge < -0.3 is 15.2 Å². The summed E-state index contributed by atoms with van der Waals surface area (Å²) in [7, 11) is 1.56. The van der Waals surface area contributed by atoms with Gasteiger partial charge in [-0.2, -0.15) is 0 Å². The molecule has 1 fully saturated rings. The molecule has 1 unspecified atom stereocenters. The lowest BCUT2D eigenvalue weighted by molar-refractivity contribution is 0.372. The van der Waals surface area contributed by atoms with Crippen molar-refractivity contribution in [2.45, 2.75) is 32.4 Å². The third kappa shape index (κ3) is 2.67. The second-order valence-electron chi connectivity index (χ2n) is 4.51. The third-order valence-electron chi connectivity index (χ3n) is 3.20. The standard InChI is InChI=1S/C13H19NO2/c1-9(11-4-5-11)14-8-10-3-6-13(16-2)12(15)7-10/h3,6-7,9,11,14-15H,4-5,8H2,1-2H3. The molecule has 0 bridgehead atoms. The van der Waals surface area contributed by atoms with Gasteiger partial charge in [-0.15, -0.1) is 0 Å². The van der Waals surface area contributed by atoms with Crippen LogP contribution >= 0.6 is 0 Å². The van der Waals surface area contributed by atoms with Crippen molar-refractivity contribution in [3.63, 3.8) is 0 Å². The topological polar surface area (TPSA) is 41.5 Å². The number of methoxy groups -OCH3 is 1. The van der Waals surface area contributed by atoms with Gasteiger partial charge in [0.25, 0.3) is 0 Å². The van der Waals surface area contributed by atoms with Crippen molar-refractivity contribution in [3.8, 4) is 11.5 Å². The summed E-state index contributed by atoms with van der Waals surface area (Å²) < 4.78 is 5.00. The van der Waals surface area contributed by atoms with Crippen molar-refractivity contribution in [2.24, 2.45) is 5.92 Å². The molecule has 0 amide bonds. The van der Waals surface area contributed by atoms with E-state index in [1.165, 1.54) is 12.8 Å². The zero-order chi connectivity index (χ0) is 11.5. The molecule has 0 aliphatic heterocycles. The van der Waals surface area contributed by atoms with Crippen LogP contribution < -0.4 is 10.1 Å². The van der Waals surface area contributed by atoms with Crippen LogP contribution in [0.15, 0.2) is 18.2 Å². The van der Waals surface area contributed by atoms with Gasteiger partial charge in [0.1, 0.15) is 0 Å². The smallest absolute Gasteiger partial charge is 0.160 e. The zero-order valence-electron chi connectivity index (χ0n) is 9.86. The highest BCUT2D eigenvalue weighted by Gasteiger charge is 2.27. The van der Waals surface area contributed by atoms with E-state index >= 15 is 0 Å². The number of aromatic hydroxyl groups is 1. The molecule has 3 heteroatoms. The molecule has 1 atom stereocenters. The highest BCUT2D eigenvalue weighted by molar-refractivity contribution is 5.41. The Labute approximate surface area is 96.4 Å². The van der Waals surface area contributed by atoms with E-state index in [0.717, 1.165) is 18.0 Å². The Morgan fingerprint density at radius 1 is 1.50 bits per heavy atom. The zero-order valence-corrected chi connectivity index (χ0v) is 9.86. The first-order valence-electron chi connectivity index (χ1n) is 5.80. The molecule has 2 N–H and O–H groups in total. The van der Waals surface area contributed by atoms with Crippen LogP contribution in [0.4, 0.5) is 0 Å². The summed E-state index contributed by atoms with van der Waals surface area (Å²) in [5.74, 6) is 1.59. The summed E-state index contributed by atoms with van der Waals surface area (Å²) in [6, 6.07) is 6.11. The average molecular weight is 221 g/mol. The van der Waals surface area contributed by atoms with Gasteiger partial charge in [0.05, 0.1) is 7.11 Å². The maximum atomic E-state index is 9.63. The summed E-state index contributed by atoms with van der Waals surface area (Å²) in [6.45, 7) is 3.02. The van der Waals surface area contributed by atoms with Crippen LogP contribution in [-0.4, -0.2) is 18.3 Å². The predicted octanol–water partition coefficient (Wildman–Crippen LogP) is 2.29. The van der Waals surface area contributed by atoms with Crippen molar-refractivity contribution >= 4 is 0 Å². The Morgan fingerprint density at radius 3 is 2.81 bits per heavy atom. The van der Waals surface area contributed by atoms with Gasteiger partial charge in [0.2, 0.25) is 0 Å². The lowest BCUT2D eigenvalue weighted by Gasteiger charge is -2.13. The molecule has 0 aromatic heterocycles. The van der Waals surface area contributed by atoms with Crippen molar-refractivity contribution in [1.82, 2.24) is 5.32 Å². The number of phenolic OH excluding ortho intramolecular Hbond substituents is 1. The van der Waals surface area contributed by atoms with Crippen molar-refractivity contribution in [1.29, 1.82) is 0 Å². The molecule has 0 radical (unpaired) electrons. The monoisotopic (exact) mass is 221 g/mol. The molecule has 2 rings (SSSR count). The Kier molecular flexibility index (Phi) is 3.34. The molecule has 16 heavy (non-hydrogen) atoms. The second-order valence-corrected chi connectivity index (χ2v) is 4.51. The molecule has 1 aliphatic rings. The van der Waals surface area contributed by atoms with Gasteiger partial charge in [-0.3, -0.25) is 0 Å². The minimum Gasteiger partial charge on any atom is -0.504 e. The fraction of sp³-hybridized carbons (Fsp3) is 0.538. The SMILES string of the molecule is COc1ccc(CNC(C)C2CC2)cc1O. The number of benzene rings is 1. The van der Waals surface area contributed by atoms with Crippen LogP contribution in [0.1, 0.15) is 25.3 Å². The van der Waals surface area contributed by atoms with E-state index in [1.807, 2.05) is 6.07 Å². The second kappa shape index (κ2) is 4.74. The maximum absolute atomic E-state index is 9.63. The largest absolute Gasteiger partial charge is 0.504 e. The van der Waals surface area contributed by atoms with Crippen molar-refractivity contribution in [2.75, 3.05) is 7.11 Å². The molecule has 0 spiro atoms. The highest BCUT2D eigenvalue weighted by atomic mass is 16.5. The first-order valence-corrected chi connectivity index (χ1v) is 5.80. The molecule has 88 valence electrons. The van der Waals surface area contributed by atoms with E-state index in [1.54, 1.807) is 19.2 Å². The average Bonchev–Trinajstić information content (AvgIpc) is 3.10. The van der Waals surface area contributed by atoms with E-state index in [0.29, 0.717) is 11.8 Å². The Balaban J connectivity index is 1.91. The first-order chi connectivity index (χ1) is 7.70. The van der Waals surface area contributed by atoms with Crippen LogP contribution in [0, 0.1) is 5.92 Å². The third-order valence-corrected chi connectivity index (χ3v) is 3.20. The van der Waals surface area contributed by atoms with Gasteiger partial charge in [0.15, 0.2) is 11.5 Å². The molecule has 0 saturated heterocycles. The van der Waals surface area contributed by atoms with Crippen molar-refractivity contribution in [3.05, 3.63) is 23.8 Å². The van der Waals surface area contributed by atoms with Gasteiger partial charge in [-0.1, -0.05) is 6.07 Å². The molecule has 1 aliphatic carbocycles. The predicted molar refractivity (Wildman–Crippen MR) is 63.7 cm³/mol. The molecule has 1 saturated carbocycles. The summed E-state index contributed by atoms with van der Waals surface area (Å²) in [5, 5.41) is 13.1. The van der Waals surface area contributed by atoms with Crippen LogP contribution in [0.5, 0.6) is 11.5 Å². The van der Waals surface area contributed by atoms with E-state index in [4.69, 9.17) is 4.74 Å². The van der Waals surface area contributed by atoms with Gasteiger partial charge in [-0.05, 0) is 43.4 Å². The Morgan fingerprint density at radius 2 is 2.25 bits per heavy atom. The van der Waals surface area contributed by atoms with Crippen LogP contribution in [-0.2, 0) is 6.54 Å². The minimum atomic E-state index is 0.209. The summed E-state index contributed by atoms with van der Waals surface area (Å²) in [5.41, 5.74) is 1.09. The molecule has 0 heterocycles. The summed E-state index contributed by atoms with van der Waals surface area (Å²) >= 11 is 0. The van der Waals surface area contributed by atoms with E-state index < -0.39 is 0 Å². The van der Waals surface area contributed by atoms with Crippen LogP contribution in [0.2, 0.25) is 0 Å². The molecule has 1 aromatic rings. The molecular formula is C13H19NO2. The fourth-order valence-electron chi connectivity index (χ4n) is 1.89. The summed E-state index contributed by atoms with van der Waals surface area (Å²) in [6.07, 6.45) is 2.70. The van der Waals surface area contributed by atoms with E-state index in [2.05, 4.69) is 12.2 Å². The molecule has 3 nitrogen and oxygen atoms in total. The maximum Gasteiger partial charge on any atom is 0.160 e. The van der Waals surface area contributed by atoms with E-state index in [-0.39, 0.29) is 5.75 Å². The number of hydrogen-bond donors (Lipinski definition) is 2. The van der Waals surface area contributed by atoms with E-state index in [9.17, 15) is 5.11 Å². The number of hydrogen-bond acceptors (Lipinski definition) is 3. The van der Waals surface area contributed by atoms with Gasteiger partial charge in [-0.25, -0.2) is 0 Å². The molecular weight excluding hydrogens is 202 g/mol. The Hall–Kier alpha value is -1.22. The lowest BCUT2D eigenvalue weighted by Crippen LogP contribution is -2.27. The number of rotatable bonds is 5. The van der Waals surface area contributed by atoms with Crippen molar-refractivity contribution < 1.29 is 9.84 Å². The number of phenols is 1. The Bertz CT molecular complexity index is 361. The van der Waals surface area contributed by atoms with Gasteiger partial charge >= 0.3 is 0 Å². The van der Waals surface area contributed by atoms with Crippen LogP contribution in [0.25, 0.3) is 0 Å². The molecule has 1 aromatic carbocycles. The fourth-order valence-corrected chi connectivity index (χ4v) is 1.89.